The molecule has 2 nitrogen and oxygen atoms in total. The van der Waals surface area contributed by atoms with E-state index >= 15 is 0 Å². The van der Waals surface area contributed by atoms with E-state index in [4.69, 9.17) is 0 Å². The van der Waals surface area contributed by atoms with Crippen LogP contribution in [0.5, 0.6) is 0 Å². The molecular weight excluding hydrogens is 265 g/mol. The van der Waals surface area contributed by atoms with Crippen molar-refractivity contribution < 1.29 is 9.18 Å². The van der Waals surface area contributed by atoms with Crippen molar-refractivity contribution in [2.24, 2.45) is 0 Å². The van der Waals surface area contributed by atoms with Gasteiger partial charge in [0.2, 0.25) is 0 Å². The van der Waals surface area contributed by atoms with Crippen molar-refractivity contribution in [3.05, 3.63) is 64.5 Å². The van der Waals surface area contributed by atoms with Gasteiger partial charge in [-0.25, -0.2) is 4.39 Å². The molecule has 0 spiro atoms. The smallest absolute Gasteiger partial charge is 0.182 e. The van der Waals surface area contributed by atoms with Crippen LogP contribution in [-0.2, 0) is 6.42 Å². The first-order valence-electron chi connectivity index (χ1n) is 7.18. The van der Waals surface area contributed by atoms with Crippen LogP contribution < -0.4 is 4.90 Å². The van der Waals surface area contributed by atoms with Crippen molar-refractivity contribution in [2.45, 2.75) is 20.3 Å². The fourth-order valence-corrected chi connectivity index (χ4v) is 2.97. The summed E-state index contributed by atoms with van der Waals surface area (Å²) in [5.74, 6) is -0.163. The standard InChI is InChI=1S/C18H18FNO/c1-12-3-6-16(13(2)9-12)18(21)11-20-8-7-14-4-5-15(19)10-17(14)20/h3-6,9-10H,7-8,11H2,1-2H3. The summed E-state index contributed by atoms with van der Waals surface area (Å²) in [6.45, 7) is 5.05. The van der Waals surface area contributed by atoms with Gasteiger partial charge in [-0.05, 0) is 43.5 Å². The number of rotatable bonds is 3. The fraction of sp³-hybridized carbons (Fsp3) is 0.278. The lowest BCUT2D eigenvalue weighted by Crippen LogP contribution is -2.28. The SMILES string of the molecule is Cc1ccc(C(=O)CN2CCc3ccc(F)cc32)c(C)c1. The Labute approximate surface area is 124 Å². The Hall–Kier alpha value is -2.16. The van der Waals surface area contributed by atoms with Crippen molar-refractivity contribution in [2.75, 3.05) is 18.0 Å². The van der Waals surface area contributed by atoms with Crippen LogP contribution in [0, 0.1) is 19.7 Å². The molecule has 0 bridgehead atoms. The molecule has 0 fully saturated rings. The molecule has 2 aromatic carbocycles. The van der Waals surface area contributed by atoms with E-state index in [1.807, 2.05) is 43.0 Å². The highest BCUT2D eigenvalue weighted by atomic mass is 19.1. The second kappa shape index (κ2) is 5.32. The molecule has 0 unspecified atom stereocenters. The van der Waals surface area contributed by atoms with Gasteiger partial charge in [0, 0.05) is 17.8 Å². The summed E-state index contributed by atoms with van der Waals surface area (Å²) < 4.78 is 13.4. The zero-order valence-corrected chi connectivity index (χ0v) is 12.3. The Balaban J connectivity index is 1.82. The zero-order chi connectivity index (χ0) is 15.0. The minimum Gasteiger partial charge on any atom is -0.363 e. The van der Waals surface area contributed by atoms with Gasteiger partial charge in [0.05, 0.1) is 6.54 Å². The molecule has 0 amide bonds. The number of nitrogens with zero attached hydrogens (tertiary/aromatic N) is 1. The van der Waals surface area contributed by atoms with Crippen molar-refractivity contribution in [3.63, 3.8) is 0 Å². The molecule has 2 aromatic rings. The van der Waals surface area contributed by atoms with Gasteiger partial charge in [0.25, 0.3) is 0 Å². The number of carbonyl (C=O) groups excluding carboxylic acids is 1. The van der Waals surface area contributed by atoms with Gasteiger partial charge in [-0.3, -0.25) is 4.79 Å². The van der Waals surface area contributed by atoms with Gasteiger partial charge in [-0.2, -0.15) is 0 Å². The Morgan fingerprint density at radius 3 is 2.76 bits per heavy atom. The number of aryl methyl sites for hydroxylation is 2. The molecule has 3 rings (SSSR count). The topological polar surface area (TPSA) is 20.3 Å². The average molecular weight is 283 g/mol. The molecule has 1 aliphatic rings. The minimum atomic E-state index is -0.250. The molecule has 0 aromatic heterocycles. The molecular formula is C18H18FNO. The summed E-state index contributed by atoms with van der Waals surface area (Å²) in [7, 11) is 0. The van der Waals surface area contributed by atoms with E-state index in [1.54, 1.807) is 0 Å². The summed E-state index contributed by atoms with van der Waals surface area (Å²) in [5, 5.41) is 0. The summed E-state index contributed by atoms with van der Waals surface area (Å²) >= 11 is 0. The van der Waals surface area contributed by atoms with Gasteiger partial charge >= 0.3 is 0 Å². The number of ketones is 1. The number of hydrogen-bond donors (Lipinski definition) is 0. The molecule has 0 saturated carbocycles. The van der Waals surface area contributed by atoms with Crippen molar-refractivity contribution in [1.82, 2.24) is 0 Å². The zero-order valence-electron chi connectivity index (χ0n) is 12.3. The number of hydrogen-bond acceptors (Lipinski definition) is 2. The minimum absolute atomic E-state index is 0.0876. The summed E-state index contributed by atoms with van der Waals surface area (Å²) in [4.78, 5) is 14.5. The predicted molar refractivity (Wildman–Crippen MR) is 82.6 cm³/mol. The number of fused-ring (bicyclic) bond motifs is 1. The number of halogens is 1. The molecule has 3 heteroatoms. The molecule has 0 radical (unpaired) electrons. The average Bonchev–Trinajstić information content (AvgIpc) is 2.81. The van der Waals surface area contributed by atoms with Gasteiger partial charge in [0.1, 0.15) is 5.82 Å². The highest BCUT2D eigenvalue weighted by Crippen LogP contribution is 2.28. The second-order valence-corrected chi connectivity index (χ2v) is 5.69. The van der Waals surface area contributed by atoms with Crippen LogP contribution in [0.2, 0.25) is 0 Å². The Kier molecular flexibility index (Phi) is 3.50. The lowest BCUT2D eigenvalue weighted by Gasteiger charge is -2.19. The largest absolute Gasteiger partial charge is 0.363 e. The van der Waals surface area contributed by atoms with E-state index in [2.05, 4.69) is 0 Å². The van der Waals surface area contributed by atoms with E-state index in [1.165, 1.54) is 12.1 Å². The lowest BCUT2D eigenvalue weighted by atomic mass is 10.0. The quantitative estimate of drug-likeness (QED) is 0.801. The van der Waals surface area contributed by atoms with Crippen LogP contribution in [-0.4, -0.2) is 18.9 Å². The normalized spacial score (nSPS) is 13.4. The van der Waals surface area contributed by atoms with Crippen LogP contribution in [0.15, 0.2) is 36.4 Å². The molecule has 108 valence electrons. The predicted octanol–water partition coefficient (Wildman–Crippen LogP) is 3.69. The maximum atomic E-state index is 13.4. The maximum absolute atomic E-state index is 13.4. The number of carbonyl (C=O) groups is 1. The fourth-order valence-electron chi connectivity index (χ4n) is 2.97. The van der Waals surface area contributed by atoms with Gasteiger partial charge < -0.3 is 4.90 Å². The van der Waals surface area contributed by atoms with E-state index in [-0.39, 0.29) is 11.6 Å². The molecule has 0 atom stereocenters. The van der Waals surface area contributed by atoms with Crippen LogP contribution >= 0.6 is 0 Å². The summed E-state index contributed by atoms with van der Waals surface area (Å²) in [5.41, 5.74) is 4.87. The van der Waals surface area contributed by atoms with Crippen LogP contribution in [0.1, 0.15) is 27.0 Å². The van der Waals surface area contributed by atoms with Crippen LogP contribution in [0.4, 0.5) is 10.1 Å². The molecule has 1 aliphatic heterocycles. The number of benzene rings is 2. The lowest BCUT2D eigenvalue weighted by molar-refractivity contribution is 0.0999. The van der Waals surface area contributed by atoms with Gasteiger partial charge in [0.15, 0.2) is 5.78 Å². The molecule has 0 N–H and O–H groups in total. The van der Waals surface area contributed by atoms with Crippen molar-refractivity contribution in [3.8, 4) is 0 Å². The van der Waals surface area contributed by atoms with E-state index < -0.39 is 0 Å². The van der Waals surface area contributed by atoms with Crippen LogP contribution in [0.3, 0.4) is 0 Å². The molecule has 0 aliphatic carbocycles. The third-order valence-corrected chi connectivity index (χ3v) is 4.06. The molecule has 21 heavy (non-hydrogen) atoms. The van der Waals surface area contributed by atoms with Gasteiger partial charge in [-0.1, -0.05) is 29.8 Å². The first-order valence-corrected chi connectivity index (χ1v) is 7.18. The van der Waals surface area contributed by atoms with Crippen molar-refractivity contribution >= 4 is 11.5 Å². The van der Waals surface area contributed by atoms with Gasteiger partial charge in [-0.15, -0.1) is 0 Å². The third kappa shape index (κ3) is 2.68. The van der Waals surface area contributed by atoms with Crippen molar-refractivity contribution in [1.29, 1.82) is 0 Å². The molecule has 1 heterocycles. The van der Waals surface area contributed by atoms with E-state index in [9.17, 15) is 9.18 Å². The Morgan fingerprint density at radius 1 is 1.19 bits per heavy atom. The highest BCUT2D eigenvalue weighted by Gasteiger charge is 2.22. The van der Waals surface area contributed by atoms with E-state index in [0.717, 1.165) is 40.9 Å². The second-order valence-electron chi connectivity index (χ2n) is 5.69. The summed E-state index contributed by atoms with van der Waals surface area (Å²) in [6.07, 6.45) is 0.871. The first-order chi connectivity index (χ1) is 10.0. The Morgan fingerprint density at radius 2 is 2.00 bits per heavy atom. The number of anilines is 1. The maximum Gasteiger partial charge on any atom is 0.182 e. The van der Waals surface area contributed by atoms with E-state index in [0.29, 0.717) is 6.54 Å². The Bertz CT molecular complexity index is 708. The number of Topliss-reactive ketones (excluding diaryl/α,β-unsaturated/α-hetero) is 1. The summed E-state index contributed by atoms with van der Waals surface area (Å²) in [6, 6.07) is 10.7. The van der Waals surface area contributed by atoms with Crippen LogP contribution in [0.25, 0.3) is 0 Å². The highest BCUT2D eigenvalue weighted by molar-refractivity contribution is 6.00. The monoisotopic (exact) mass is 283 g/mol. The first kappa shape index (κ1) is 13.8. The molecule has 0 saturated heterocycles. The third-order valence-electron chi connectivity index (χ3n) is 4.06.